The normalized spacial score (nSPS) is 10.2. The highest BCUT2D eigenvalue weighted by Gasteiger charge is 2.19. The van der Waals surface area contributed by atoms with Gasteiger partial charge >= 0.3 is 0 Å². The van der Waals surface area contributed by atoms with E-state index in [1.54, 1.807) is 6.92 Å². The van der Waals surface area contributed by atoms with Crippen LogP contribution < -0.4 is 11.5 Å². The van der Waals surface area contributed by atoms with Gasteiger partial charge in [0.25, 0.3) is 5.91 Å². The van der Waals surface area contributed by atoms with Crippen molar-refractivity contribution in [2.24, 2.45) is 5.73 Å². The summed E-state index contributed by atoms with van der Waals surface area (Å²) in [6.07, 6.45) is 0. The summed E-state index contributed by atoms with van der Waals surface area (Å²) in [6.45, 7) is 1.83. The van der Waals surface area contributed by atoms with E-state index in [1.165, 1.54) is 11.0 Å². The van der Waals surface area contributed by atoms with Gasteiger partial charge in [-0.15, -0.1) is 0 Å². The number of likely N-dealkylation sites (N-methyl/N-ethyl adjacent to an activating group) is 1. The van der Waals surface area contributed by atoms with Crippen molar-refractivity contribution >= 4 is 33.4 Å². The molecule has 1 aromatic rings. The number of hydrogen-bond acceptors (Lipinski definition) is 3. The molecule has 0 atom stereocenters. The van der Waals surface area contributed by atoms with Gasteiger partial charge in [0.1, 0.15) is 5.82 Å². The number of benzene rings is 1. The molecular formula is C11H13BrFN3O2. The number of primary amides is 1. The highest BCUT2D eigenvalue weighted by atomic mass is 79.9. The van der Waals surface area contributed by atoms with Crippen LogP contribution in [0.2, 0.25) is 0 Å². The van der Waals surface area contributed by atoms with Crippen LogP contribution in [0.1, 0.15) is 17.3 Å². The van der Waals surface area contributed by atoms with Crippen molar-refractivity contribution in [2.45, 2.75) is 6.92 Å². The van der Waals surface area contributed by atoms with E-state index in [1.807, 2.05) is 0 Å². The first-order chi connectivity index (χ1) is 8.36. The number of hydrogen-bond donors (Lipinski definition) is 2. The molecule has 1 rings (SSSR count). The third-order valence-corrected chi connectivity index (χ3v) is 2.99. The van der Waals surface area contributed by atoms with E-state index >= 15 is 0 Å². The Kier molecular flexibility index (Phi) is 4.66. The Morgan fingerprint density at radius 1 is 1.44 bits per heavy atom. The number of anilines is 1. The lowest BCUT2D eigenvalue weighted by Gasteiger charge is -2.20. The average Bonchev–Trinajstić information content (AvgIpc) is 2.29. The topological polar surface area (TPSA) is 89.4 Å². The summed E-state index contributed by atoms with van der Waals surface area (Å²) in [4.78, 5) is 24.2. The molecule has 0 spiro atoms. The zero-order valence-electron chi connectivity index (χ0n) is 9.74. The van der Waals surface area contributed by atoms with Gasteiger partial charge in [-0.25, -0.2) is 4.39 Å². The molecule has 0 unspecified atom stereocenters. The monoisotopic (exact) mass is 317 g/mol. The minimum atomic E-state index is -0.614. The molecule has 0 saturated carbocycles. The van der Waals surface area contributed by atoms with Crippen LogP contribution >= 0.6 is 15.9 Å². The van der Waals surface area contributed by atoms with Crippen molar-refractivity contribution in [1.29, 1.82) is 0 Å². The standard InChI is InChI=1S/C11H13BrFN3O2/c1-2-16(5-10(15)17)11(18)6-3-9(14)8(13)4-7(6)12/h3-4H,2,5,14H2,1H3,(H2,15,17). The Labute approximate surface area is 112 Å². The number of rotatable bonds is 4. The van der Waals surface area contributed by atoms with Crippen LogP contribution in [0.4, 0.5) is 10.1 Å². The van der Waals surface area contributed by atoms with Crippen molar-refractivity contribution < 1.29 is 14.0 Å². The van der Waals surface area contributed by atoms with E-state index in [2.05, 4.69) is 15.9 Å². The van der Waals surface area contributed by atoms with Gasteiger partial charge in [-0.1, -0.05) is 0 Å². The van der Waals surface area contributed by atoms with E-state index in [0.29, 0.717) is 6.54 Å². The molecule has 0 aromatic heterocycles. The lowest BCUT2D eigenvalue weighted by Crippen LogP contribution is -2.38. The van der Waals surface area contributed by atoms with Gasteiger partial charge in [0.05, 0.1) is 17.8 Å². The molecule has 0 radical (unpaired) electrons. The SMILES string of the molecule is CCN(CC(N)=O)C(=O)c1cc(N)c(F)cc1Br. The molecule has 1 aromatic carbocycles. The predicted molar refractivity (Wildman–Crippen MR) is 69.3 cm³/mol. The third-order valence-electron chi connectivity index (χ3n) is 2.33. The van der Waals surface area contributed by atoms with Crippen LogP contribution in [-0.2, 0) is 4.79 Å². The molecule has 0 fully saturated rings. The summed E-state index contributed by atoms with van der Waals surface area (Å²) in [5, 5.41) is 0. The molecule has 0 bridgehead atoms. The number of nitrogens with two attached hydrogens (primary N) is 2. The minimum absolute atomic E-state index is 0.128. The second-order valence-electron chi connectivity index (χ2n) is 3.64. The first-order valence-electron chi connectivity index (χ1n) is 5.18. The van der Waals surface area contributed by atoms with Crippen molar-refractivity contribution in [3.05, 3.63) is 28.0 Å². The predicted octanol–water partition coefficient (Wildman–Crippen LogP) is 1.12. The molecule has 7 heteroatoms. The highest BCUT2D eigenvalue weighted by molar-refractivity contribution is 9.10. The molecule has 18 heavy (non-hydrogen) atoms. The van der Waals surface area contributed by atoms with Gasteiger partial charge in [0.15, 0.2) is 0 Å². The number of carbonyl (C=O) groups excluding carboxylic acids is 2. The summed E-state index contributed by atoms with van der Waals surface area (Å²) in [5.74, 6) is -1.66. The zero-order chi connectivity index (χ0) is 13.9. The lowest BCUT2D eigenvalue weighted by molar-refractivity contribution is -0.118. The van der Waals surface area contributed by atoms with Gasteiger partial charge in [-0.2, -0.15) is 0 Å². The molecule has 98 valence electrons. The molecule has 0 aliphatic heterocycles. The quantitative estimate of drug-likeness (QED) is 0.815. The fourth-order valence-corrected chi connectivity index (χ4v) is 1.90. The number of amides is 2. The molecule has 2 amide bonds. The molecule has 5 nitrogen and oxygen atoms in total. The lowest BCUT2D eigenvalue weighted by atomic mass is 10.1. The number of nitrogens with zero attached hydrogens (tertiary/aromatic N) is 1. The summed E-state index contributed by atoms with van der Waals surface area (Å²) in [7, 11) is 0. The van der Waals surface area contributed by atoms with Crippen LogP contribution in [-0.4, -0.2) is 29.8 Å². The van der Waals surface area contributed by atoms with E-state index in [4.69, 9.17) is 11.5 Å². The summed E-state index contributed by atoms with van der Waals surface area (Å²) >= 11 is 3.09. The molecule has 0 aliphatic carbocycles. The molecular weight excluding hydrogens is 305 g/mol. The first-order valence-corrected chi connectivity index (χ1v) is 5.98. The maximum absolute atomic E-state index is 13.2. The van der Waals surface area contributed by atoms with E-state index in [9.17, 15) is 14.0 Å². The minimum Gasteiger partial charge on any atom is -0.396 e. The second kappa shape index (κ2) is 5.81. The zero-order valence-corrected chi connectivity index (χ0v) is 11.3. The van der Waals surface area contributed by atoms with Crippen molar-refractivity contribution in [3.63, 3.8) is 0 Å². The van der Waals surface area contributed by atoms with Crippen molar-refractivity contribution in [2.75, 3.05) is 18.8 Å². The molecule has 0 saturated heterocycles. The van der Waals surface area contributed by atoms with Crippen LogP contribution in [0, 0.1) is 5.82 Å². The average molecular weight is 318 g/mol. The second-order valence-corrected chi connectivity index (χ2v) is 4.49. The first kappa shape index (κ1) is 14.4. The maximum Gasteiger partial charge on any atom is 0.255 e. The molecule has 4 N–H and O–H groups in total. The van der Waals surface area contributed by atoms with Crippen molar-refractivity contribution in [3.8, 4) is 0 Å². The van der Waals surface area contributed by atoms with E-state index < -0.39 is 17.6 Å². The Balaban J connectivity index is 3.09. The maximum atomic E-state index is 13.2. The number of halogens is 2. The van der Waals surface area contributed by atoms with Crippen LogP contribution in [0.15, 0.2) is 16.6 Å². The molecule has 0 heterocycles. The van der Waals surface area contributed by atoms with Gasteiger partial charge in [-0.3, -0.25) is 9.59 Å². The van der Waals surface area contributed by atoms with Gasteiger partial charge in [-0.05, 0) is 35.0 Å². The van der Waals surface area contributed by atoms with Crippen LogP contribution in [0.5, 0.6) is 0 Å². The third kappa shape index (κ3) is 3.19. The fourth-order valence-electron chi connectivity index (χ4n) is 1.42. The Hall–Kier alpha value is -1.63. The van der Waals surface area contributed by atoms with Gasteiger partial charge < -0.3 is 16.4 Å². The van der Waals surface area contributed by atoms with Crippen LogP contribution in [0.3, 0.4) is 0 Å². The summed E-state index contributed by atoms with van der Waals surface area (Å²) < 4.78 is 13.4. The Bertz CT molecular complexity index is 493. The largest absolute Gasteiger partial charge is 0.396 e. The van der Waals surface area contributed by atoms with Crippen LogP contribution in [0.25, 0.3) is 0 Å². The van der Waals surface area contributed by atoms with Gasteiger partial charge in [0, 0.05) is 11.0 Å². The van der Waals surface area contributed by atoms with E-state index in [0.717, 1.165) is 6.07 Å². The fraction of sp³-hybridized carbons (Fsp3) is 0.273. The van der Waals surface area contributed by atoms with Crippen molar-refractivity contribution in [1.82, 2.24) is 4.90 Å². The number of nitrogen functional groups attached to an aromatic ring is 1. The summed E-state index contributed by atoms with van der Waals surface area (Å²) in [5.41, 5.74) is 10.5. The van der Waals surface area contributed by atoms with E-state index in [-0.39, 0.29) is 22.3 Å². The molecule has 0 aliphatic rings. The summed E-state index contributed by atoms with van der Waals surface area (Å²) in [6, 6.07) is 2.34. The number of carbonyl (C=O) groups is 2. The highest BCUT2D eigenvalue weighted by Crippen LogP contribution is 2.24. The smallest absolute Gasteiger partial charge is 0.255 e. The Morgan fingerprint density at radius 3 is 2.56 bits per heavy atom. The Morgan fingerprint density at radius 2 is 2.06 bits per heavy atom. The van der Waals surface area contributed by atoms with Gasteiger partial charge in [0.2, 0.25) is 5.91 Å².